The Hall–Kier alpha value is -8.38. The Kier molecular flexibility index (Phi) is 7.07. The van der Waals surface area contributed by atoms with Crippen molar-refractivity contribution in [1.29, 1.82) is 0 Å². The number of nitrogens with zero attached hydrogens (tertiary/aromatic N) is 2. The van der Waals surface area contributed by atoms with Crippen molar-refractivity contribution in [3.05, 3.63) is 206 Å². The molecule has 0 aliphatic heterocycles. The number of aromatic nitrogens is 2. The van der Waals surface area contributed by atoms with Crippen LogP contribution in [0.1, 0.15) is 0 Å². The maximum absolute atomic E-state index is 6.13. The highest BCUT2D eigenvalue weighted by Crippen LogP contribution is 2.48. The molecular formula is C60H34N2O2S. The van der Waals surface area contributed by atoms with E-state index in [9.17, 15) is 0 Å². The minimum absolute atomic E-state index is 0.913. The topological polar surface area (TPSA) is 36.1 Å². The van der Waals surface area contributed by atoms with Crippen molar-refractivity contribution in [2.45, 2.75) is 0 Å². The SMILES string of the molecule is c1ccc2c(c1)oc1ccc(-c3ccc(-n4c5ccccc5c5c6sc7c(ccc8c7c7ccccc7n8-c7ccc(-c8ccc9oc%10ccccc%10c9c8)cc7)c6ccc54)cc3)cc12. The van der Waals surface area contributed by atoms with E-state index in [-0.39, 0.29) is 0 Å². The summed E-state index contributed by atoms with van der Waals surface area (Å²) < 4.78 is 19.8. The molecule has 0 atom stereocenters. The Morgan fingerprint density at radius 1 is 0.277 bits per heavy atom. The third-order valence-corrected chi connectivity index (χ3v) is 15.0. The molecule has 0 radical (unpaired) electrons. The molecular weight excluding hydrogens is 813 g/mol. The molecule has 0 N–H and O–H groups in total. The second-order valence-electron chi connectivity index (χ2n) is 17.2. The van der Waals surface area contributed by atoms with Crippen LogP contribution in [0.5, 0.6) is 0 Å². The average molecular weight is 847 g/mol. The highest BCUT2D eigenvalue weighted by Gasteiger charge is 2.22. The fourth-order valence-electron chi connectivity index (χ4n) is 10.8. The smallest absolute Gasteiger partial charge is 0.135 e. The van der Waals surface area contributed by atoms with Crippen LogP contribution in [0.15, 0.2) is 215 Å². The van der Waals surface area contributed by atoms with Crippen molar-refractivity contribution < 1.29 is 8.83 Å². The summed E-state index contributed by atoms with van der Waals surface area (Å²) in [6.07, 6.45) is 0. The van der Waals surface area contributed by atoms with Crippen LogP contribution in [0.3, 0.4) is 0 Å². The minimum atomic E-state index is 0.913. The van der Waals surface area contributed by atoms with Crippen molar-refractivity contribution in [3.8, 4) is 33.6 Å². The Balaban J connectivity index is 0.866. The largest absolute Gasteiger partial charge is 0.456 e. The lowest BCUT2D eigenvalue weighted by Crippen LogP contribution is -1.93. The van der Waals surface area contributed by atoms with E-state index in [0.717, 1.165) is 55.3 Å². The molecule has 15 aromatic rings. The summed E-state index contributed by atoms with van der Waals surface area (Å²) in [5.41, 5.74) is 15.5. The lowest BCUT2D eigenvalue weighted by molar-refractivity contribution is 0.668. The first kappa shape index (κ1) is 35.1. The van der Waals surface area contributed by atoms with Gasteiger partial charge in [0.25, 0.3) is 0 Å². The van der Waals surface area contributed by atoms with Gasteiger partial charge in [-0.25, -0.2) is 0 Å². The van der Waals surface area contributed by atoms with Gasteiger partial charge in [-0.3, -0.25) is 0 Å². The van der Waals surface area contributed by atoms with Crippen LogP contribution in [0.2, 0.25) is 0 Å². The van der Waals surface area contributed by atoms with Gasteiger partial charge in [-0.15, -0.1) is 11.3 Å². The molecule has 0 spiro atoms. The molecule has 10 aromatic carbocycles. The normalized spacial score (nSPS) is 12.3. The lowest BCUT2D eigenvalue weighted by Gasteiger charge is -2.10. The predicted molar refractivity (Wildman–Crippen MR) is 273 cm³/mol. The monoisotopic (exact) mass is 846 g/mol. The summed E-state index contributed by atoms with van der Waals surface area (Å²) in [6.45, 7) is 0. The fraction of sp³-hybridized carbons (Fsp3) is 0. The number of furan rings is 2. The molecule has 0 aliphatic carbocycles. The molecule has 15 rings (SSSR count). The summed E-state index contributed by atoms with van der Waals surface area (Å²) in [5.74, 6) is 0. The number of fused-ring (bicyclic) bond motifs is 17. The molecule has 0 amide bonds. The van der Waals surface area contributed by atoms with Gasteiger partial charge in [0.05, 0.1) is 22.1 Å². The fourth-order valence-corrected chi connectivity index (χ4v) is 12.2. The first-order valence-electron chi connectivity index (χ1n) is 22.1. The van der Waals surface area contributed by atoms with Crippen LogP contribution in [-0.4, -0.2) is 9.13 Å². The molecule has 5 heterocycles. The van der Waals surface area contributed by atoms with E-state index in [1.807, 2.05) is 35.6 Å². The molecule has 0 saturated heterocycles. The number of hydrogen-bond donors (Lipinski definition) is 0. The minimum Gasteiger partial charge on any atom is -0.456 e. The van der Waals surface area contributed by atoms with Crippen molar-refractivity contribution in [2.75, 3.05) is 0 Å². The zero-order valence-electron chi connectivity index (χ0n) is 34.7. The van der Waals surface area contributed by atoms with Crippen LogP contribution in [0.4, 0.5) is 0 Å². The predicted octanol–water partition coefficient (Wildman–Crippen LogP) is 17.4. The number of benzene rings is 10. The summed E-state index contributed by atoms with van der Waals surface area (Å²) >= 11 is 1.93. The van der Waals surface area contributed by atoms with Crippen LogP contribution < -0.4 is 0 Å². The molecule has 0 saturated carbocycles. The number of para-hydroxylation sites is 4. The molecule has 0 unspecified atom stereocenters. The molecule has 0 aliphatic rings. The van der Waals surface area contributed by atoms with Gasteiger partial charge in [-0.2, -0.15) is 0 Å². The van der Waals surface area contributed by atoms with Gasteiger partial charge in [0.2, 0.25) is 0 Å². The van der Waals surface area contributed by atoms with Crippen molar-refractivity contribution in [2.24, 2.45) is 0 Å². The summed E-state index contributed by atoms with van der Waals surface area (Å²) in [4.78, 5) is 0. The second kappa shape index (κ2) is 13.1. The standard InChI is InChI=1S/C60H34N2O2S/c1-5-13-49-45(11-1)57-51(61(49)39-23-17-35(18-24-39)37-21-31-55-47(33-37)41-9-3-7-15-53(41)63-55)29-27-43-44-28-30-52-58(60(44)65-59(43)57)46-12-2-6-14-50(46)62(52)40-25-19-36(20-26-40)38-22-32-56-48(34-38)42-10-4-8-16-54(42)64-56/h1-34H. The molecule has 5 aromatic heterocycles. The average Bonchev–Trinajstić information content (AvgIpc) is 4.18. The van der Waals surface area contributed by atoms with Crippen molar-refractivity contribution in [3.63, 3.8) is 0 Å². The third kappa shape index (κ3) is 4.96. The summed E-state index contributed by atoms with van der Waals surface area (Å²) in [6, 6.07) is 74.7. The van der Waals surface area contributed by atoms with Gasteiger partial charge >= 0.3 is 0 Å². The summed E-state index contributed by atoms with van der Waals surface area (Å²) in [5, 5.41) is 12.3. The quantitative estimate of drug-likeness (QED) is 0.177. The zero-order chi connectivity index (χ0) is 42.3. The lowest BCUT2D eigenvalue weighted by atomic mass is 10.0. The molecule has 302 valence electrons. The van der Waals surface area contributed by atoms with Crippen molar-refractivity contribution >= 4 is 119 Å². The maximum Gasteiger partial charge on any atom is 0.135 e. The van der Waals surface area contributed by atoms with E-state index in [1.54, 1.807) is 0 Å². The number of thiophene rings is 1. The first-order chi connectivity index (χ1) is 32.2. The van der Waals surface area contributed by atoms with Crippen LogP contribution in [-0.2, 0) is 0 Å². The van der Waals surface area contributed by atoms with E-state index in [0.29, 0.717) is 0 Å². The van der Waals surface area contributed by atoms with Gasteiger partial charge in [0.1, 0.15) is 22.3 Å². The number of rotatable bonds is 4. The Morgan fingerprint density at radius 3 is 1.12 bits per heavy atom. The maximum atomic E-state index is 6.13. The first-order valence-corrected chi connectivity index (χ1v) is 22.9. The summed E-state index contributed by atoms with van der Waals surface area (Å²) in [7, 11) is 0. The van der Waals surface area contributed by atoms with E-state index in [2.05, 4.69) is 191 Å². The Labute approximate surface area is 375 Å². The highest BCUT2D eigenvalue weighted by atomic mass is 32.1. The van der Waals surface area contributed by atoms with E-state index < -0.39 is 0 Å². The Bertz CT molecular complexity index is 4180. The molecule has 0 fully saturated rings. The van der Waals surface area contributed by atoms with Gasteiger partial charge < -0.3 is 18.0 Å². The van der Waals surface area contributed by atoms with Crippen LogP contribution in [0, 0.1) is 0 Å². The van der Waals surface area contributed by atoms with Crippen LogP contribution in [0.25, 0.3) is 141 Å². The second-order valence-corrected chi connectivity index (χ2v) is 18.2. The third-order valence-electron chi connectivity index (χ3n) is 13.7. The molecule has 4 nitrogen and oxygen atoms in total. The number of hydrogen-bond acceptors (Lipinski definition) is 3. The highest BCUT2D eigenvalue weighted by molar-refractivity contribution is 7.27. The van der Waals surface area contributed by atoms with Gasteiger partial charge in [-0.1, -0.05) is 121 Å². The van der Waals surface area contributed by atoms with Gasteiger partial charge in [0, 0.05) is 74.6 Å². The van der Waals surface area contributed by atoms with Gasteiger partial charge in [-0.05, 0) is 107 Å². The van der Waals surface area contributed by atoms with E-state index >= 15 is 0 Å². The van der Waals surface area contributed by atoms with Gasteiger partial charge in [0.15, 0.2) is 0 Å². The molecule has 65 heavy (non-hydrogen) atoms. The van der Waals surface area contributed by atoms with Crippen molar-refractivity contribution in [1.82, 2.24) is 9.13 Å². The Morgan fingerprint density at radius 2 is 0.662 bits per heavy atom. The zero-order valence-corrected chi connectivity index (χ0v) is 35.6. The van der Waals surface area contributed by atoms with E-state index in [4.69, 9.17) is 8.83 Å². The molecule has 5 heteroatoms. The molecule has 0 bridgehead atoms. The van der Waals surface area contributed by atoms with E-state index in [1.165, 1.54) is 86.0 Å². The van der Waals surface area contributed by atoms with Crippen LogP contribution >= 0.6 is 11.3 Å².